The number of pyridine rings is 1. The molecule has 0 saturated carbocycles. The first-order chi connectivity index (χ1) is 8.19. The molecule has 0 aliphatic rings. The number of aromatic nitrogens is 3. The van der Waals surface area contributed by atoms with Gasteiger partial charge in [0.15, 0.2) is 0 Å². The Morgan fingerprint density at radius 2 is 2.24 bits per heavy atom. The summed E-state index contributed by atoms with van der Waals surface area (Å²) >= 11 is 1.35. The maximum absolute atomic E-state index is 9.60. The number of aliphatic hydroxyl groups excluding tert-OH is 1. The smallest absolute Gasteiger partial charge is 0.281 e. The maximum atomic E-state index is 9.60. The SMILES string of the molecule is CC[C@@H](O)c1ccc(Sc2nnc(C)o2)cn1. The van der Waals surface area contributed by atoms with Crippen LogP contribution in [0.25, 0.3) is 0 Å². The number of nitrogens with zero attached hydrogens (tertiary/aromatic N) is 3. The quantitative estimate of drug-likeness (QED) is 0.899. The molecule has 1 N–H and O–H groups in total. The van der Waals surface area contributed by atoms with Gasteiger partial charge >= 0.3 is 0 Å². The summed E-state index contributed by atoms with van der Waals surface area (Å²) in [6.45, 7) is 3.66. The summed E-state index contributed by atoms with van der Waals surface area (Å²) < 4.78 is 5.25. The van der Waals surface area contributed by atoms with Crippen LogP contribution < -0.4 is 0 Å². The van der Waals surface area contributed by atoms with Crippen molar-refractivity contribution in [3.05, 3.63) is 29.9 Å². The van der Waals surface area contributed by atoms with Crippen LogP contribution in [0.2, 0.25) is 0 Å². The molecule has 1 atom stereocenters. The first-order valence-corrected chi connectivity index (χ1v) is 6.12. The minimum Gasteiger partial charge on any atom is -0.416 e. The van der Waals surface area contributed by atoms with Gasteiger partial charge in [0, 0.05) is 18.0 Å². The first-order valence-electron chi connectivity index (χ1n) is 5.31. The number of hydrogen-bond donors (Lipinski definition) is 1. The van der Waals surface area contributed by atoms with Gasteiger partial charge in [-0.05, 0) is 30.3 Å². The summed E-state index contributed by atoms with van der Waals surface area (Å²) in [5.41, 5.74) is 0.679. The monoisotopic (exact) mass is 251 g/mol. The molecule has 0 aromatic carbocycles. The van der Waals surface area contributed by atoms with Crippen molar-refractivity contribution in [1.82, 2.24) is 15.2 Å². The fourth-order valence-electron chi connectivity index (χ4n) is 1.28. The molecule has 0 saturated heterocycles. The highest BCUT2D eigenvalue weighted by atomic mass is 32.2. The summed E-state index contributed by atoms with van der Waals surface area (Å²) in [5, 5.41) is 17.7. The van der Waals surface area contributed by atoms with Gasteiger partial charge in [-0.3, -0.25) is 4.98 Å². The van der Waals surface area contributed by atoms with E-state index in [1.807, 2.05) is 13.0 Å². The Bertz CT molecular complexity index is 484. The van der Waals surface area contributed by atoms with Crippen molar-refractivity contribution < 1.29 is 9.52 Å². The number of aliphatic hydroxyl groups is 1. The molecule has 0 spiro atoms. The number of hydrogen-bond acceptors (Lipinski definition) is 6. The largest absolute Gasteiger partial charge is 0.416 e. The Morgan fingerprint density at radius 1 is 1.41 bits per heavy atom. The Balaban J connectivity index is 2.08. The second kappa shape index (κ2) is 5.29. The van der Waals surface area contributed by atoms with Crippen LogP contribution in [0.1, 0.15) is 31.0 Å². The van der Waals surface area contributed by atoms with Crippen LogP contribution in [0.4, 0.5) is 0 Å². The summed E-state index contributed by atoms with van der Waals surface area (Å²) in [4.78, 5) is 5.10. The van der Waals surface area contributed by atoms with Gasteiger partial charge in [0.1, 0.15) is 0 Å². The van der Waals surface area contributed by atoms with Crippen molar-refractivity contribution in [2.45, 2.75) is 36.5 Å². The zero-order valence-electron chi connectivity index (χ0n) is 9.62. The lowest BCUT2D eigenvalue weighted by Crippen LogP contribution is -1.97. The minimum atomic E-state index is -0.500. The highest BCUT2D eigenvalue weighted by molar-refractivity contribution is 7.99. The van der Waals surface area contributed by atoms with Crippen molar-refractivity contribution in [2.24, 2.45) is 0 Å². The van der Waals surface area contributed by atoms with Crippen molar-refractivity contribution in [1.29, 1.82) is 0 Å². The van der Waals surface area contributed by atoms with Crippen molar-refractivity contribution in [3.63, 3.8) is 0 Å². The van der Waals surface area contributed by atoms with Crippen LogP contribution >= 0.6 is 11.8 Å². The summed E-state index contributed by atoms with van der Waals surface area (Å²) in [7, 11) is 0. The standard InChI is InChI=1S/C11H13N3O2S/c1-3-10(15)9-5-4-8(6-12-9)17-11-14-13-7(2)16-11/h4-6,10,15H,3H2,1-2H3/t10-/m1/s1. The third kappa shape index (κ3) is 3.04. The zero-order chi connectivity index (χ0) is 12.3. The third-order valence-corrected chi connectivity index (χ3v) is 3.02. The predicted molar refractivity (Wildman–Crippen MR) is 62.6 cm³/mol. The summed E-state index contributed by atoms with van der Waals surface area (Å²) in [6.07, 6.45) is 1.85. The van der Waals surface area contributed by atoms with E-state index in [9.17, 15) is 5.11 Å². The molecule has 2 aromatic heterocycles. The van der Waals surface area contributed by atoms with E-state index in [-0.39, 0.29) is 0 Å². The molecule has 0 radical (unpaired) electrons. The normalized spacial score (nSPS) is 12.6. The van der Waals surface area contributed by atoms with Crippen LogP contribution in [0.15, 0.2) is 32.9 Å². The molecule has 6 heteroatoms. The zero-order valence-corrected chi connectivity index (χ0v) is 10.4. The Kier molecular flexibility index (Phi) is 3.75. The van der Waals surface area contributed by atoms with E-state index in [0.29, 0.717) is 23.2 Å². The van der Waals surface area contributed by atoms with Crippen molar-refractivity contribution in [2.75, 3.05) is 0 Å². The van der Waals surface area contributed by atoms with E-state index < -0.39 is 6.10 Å². The van der Waals surface area contributed by atoms with E-state index in [4.69, 9.17) is 4.42 Å². The van der Waals surface area contributed by atoms with Gasteiger partial charge in [-0.15, -0.1) is 10.2 Å². The Hall–Kier alpha value is -1.40. The van der Waals surface area contributed by atoms with Gasteiger partial charge in [-0.25, -0.2) is 0 Å². The molecule has 0 aliphatic heterocycles. The highest BCUT2D eigenvalue weighted by Crippen LogP contribution is 2.26. The molecule has 17 heavy (non-hydrogen) atoms. The molecule has 2 rings (SSSR count). The summed E-state index contributed by atoms with van der Waals surface area (Å²) in [5.74, 6) is 0.540. The van der Waals surface area contributed by atoms with Gasteiger partial charge < -0.3 is 9.52 Å². The van der Waals surface area contributed by atoms with Crippen LogP contribution in [-0.2, 0) is 0 Å². The fourth-order valence-corrected chi connectivity index (χ4v) is 1.97. The van der Waals surface area contributed by atoms with E-state index in [0.717, 1.165) is 4.90 Å². The van der Waals surface area contributed by atoms with E-state index in [2.05, 4.69) is 15.2 Å². The highest BCUT2D eigenvalue weighted by Gasteiger charge is 2.08. The molecular formula is C11H13N3O2S. The molecule has 0 bridgehead atoms. The molecule has 5 nitrogen and oxygen atoms in total. The van der Waals surface area contributed by atoms with Crippen molar-refractivity contribution in [3.8, 4) is 0 Å². The van der Waals surface area contributed by atoms with Gasteiger partial charge in [0.25, 0.3) is 5.22 Å². The van der Waals surface area contributed by atoms with Crippen LogP contribution in [0, 0.1) is 6.92 Å². The number of rotatable bonds is 4. The maximum Gasteiger partial charge on any atom is 0.281 e. The summed E-state index contributed by atoms with van der Waals surface area (Å²) in [6, 6.07) is 3.69. The Labute approximate surface area is 103 Å². The lowest BCUT2D eigenvalue weighted by atomic mass is 10.2. The lowest BCUT2D eigenvalue weighted by Gasteiger charge is -2.06. The molecular weight excluding hydrogens is 238 g/mol. The minimum absolute atomic E-state index is 0.494. The molecule has 90 valence electrons. The van der Waals surface area contributed by atoms with Crippen LogP contribution in [0.5, 0.6) is 0 Å². The van der Waals surface area contributed by atoms with Gasteiger partial charge in [-0.1, -0.05) is 6.92 Å². The second-order valence-electron chi connectivity index (χ2n) is 3.53. The van der Waals surface area contributed by atoms with E-state index in [1.165, 1.54) is 11.8 Å². The molecule has 2 heterocycles. The number of aryl methyl sites for hydroxylation is 1. The Morgan fingerprint density at radius 3 is 2.76 bits per heavy atom. The average molecular weight is 251 g/mol. The average Bonchev–Trinajstić information content (AvgIpc) is 2.75. The van der Waals surface area contributed by atoms with Crippen LogP contribution in [-0.4, -0.2) is 20.3 Å². The van der Waals surface area contributed by atoms with Gasteiger partial charge in [0.2, 0.25) is 5.89 Å². The fraction of sp³-hybridized carbons (Fsp3) is 0.364. The second-order valence-corrected chi connectivity index (χ2v) is 4.56. The molecule has 0 aliphatic carbocycles. The third-order valence-electron chi connectivity index (χ3n) is 2.20. The first kappa shape index (κ1) is 12.1. The molecule has 0 fully saturated rings. The lowest BCUT2D eigenvalue weighted by molar-refractivity contribution is 0.169. The van der Waals surface area contributed by atoms with E-state index >= 15 is 0 Å². The van der Waals surface area contributed by atoms with Crippen molar-refractivity contribution >= 4 is 11.8 Å². The van der Waals surface area contributed by atoms with E-state index in [1.54, 1.807) is 19.2 Å². The molecule has 2 aromatic rings. The van der Waals surface area contributed by atoms with Crippen LogP contribution in [0.3, 0.4) is 0 Å². The van der Waals surface area contributed by atoms with Gasteiger partial charge in [-0.2, -0.15) is 0 Å². The topological polar surface area (TPSA) is 72.0 Å². The molecule has 0 amide bonds. The molecule has 0 unspecified atom stereocenters. The predicted octanol–water partition coefficient (Wildman–Crippen LogP) is 2.37. The van der Waals surface area contributed by atoms with Gasteiger partial charge in [0.05, 0.1) is 11.8 Å².